The van der Waals surface area contributed by atoms with Crippen LogP contribution in [-0.4, -0.2) is 77.7 Å². The van der Waals surface area contributed by atoms with E-state index in [1.807, 2.05) is 49.9 Å². The number of fused-ring (bicyclic) bond motifs is 1. The number of guanidine groups is 1. The van der Waals surface area contributed by atoms with Crippen LogP contribution in [0.15, 0.2) is 57.9 Å². The highest BCUT2D eigenvalue weighted by Gasteiger charge is 2.30. The molecular weight excluding hydrogens is 560 g/mol. The summed E-state index contributed by atoms with van der Waals surface area (Å²) in [7, 11) is 0. The Kier molecular flexibility index (Phi) is 9.62. The van der Waals surface area contributed by atoms with E-state index in [1.54, 1.807) is 29.2 Å². The van der Waals surface area contributed by atoms with E-state index in [9.17, 15) is 19.2 Å². The number of aliphatic imine (C=N–C) groups is 1. The second-order valence-electron chi connectivity index (χ2n) is 11.7. The van der Waals surface area contributed by atoms with Gasteiger partial charge >= 0.3 is 0 Å². The van der Waals surface area contributed by atoms with Crippen molar-refractivity contribution in [3.63, 3.8) is 0 Å². The number of benzene rings is 2. The number of nitrogens with zero attached hydrogens (tertiary/aromatic N) is 3. The first kappa shape index (κ1) is 30.8. The molecule has 2 aromatic carbocycles. The molecule has 0 unspecified atom stereocenters. The van der Waals surface area contributed by atoms with Crippen molar-refractivity contribution < 1.29 is 23.6 Å². The van der Waals surface area contributed by atoms with Crippen LogP contribution in [0.5, 0.6) is 0 Å². The molecule has 2 aliphatic rings. The monoisotopic (exact) mass is 600 g/mol. The minimum absolute atomic E-state index is 0.0125. The minimum Gasteiger partial charge on any atom is -0.461 e. The van der Waals surface area contributed by atoms with E-state index in [0.717, 1.165) is 55.5 Å². The van der Waals surface area contributed by atoms with E-state index in [1.165, 1.54) is 0 Å². The number of likely N-dealkylation sites (tertiary alicyclic amines) is 2. The van der Waals surface area contributed by atoms with Crippen LogP contribution < -0.4 is 16.0 Å². The Morgan fingerprint density at radius 1 is 0.932 bits per heavy atom. The molecule has 0 saturated carbocycles. The van der Waals surface area contributed by atoms with Gasteiger partial charge in [0.05, 0.1) is 6.54 Å². The molecule has 3 heterocycles. The molecule has 3 N–H and O–H groups in total. The van der Waals surface area contributed by atoms with Gasteiger partial charge in [-0.15, -0.1) is 0 Å². The van der Waals surface area contributed by atoms with Crippen molar-refractivity contribution in [2.45, 2.75) is 65.0 Å². The smallest absolute Gasteiger partial charge is 0.257 e. The zero-order chi connectivity index (χ0) is 31.2. The molecule has 11 nitrogen and oxygen atoms in total. The normalized spacial score (nSPS) is 17.6. The quantitative estimate of drug-likeness (QED) is 0.276. The summed E-state index contributed by atoms with van der Waals surface area (Å²) in [5.74, 6) is -0.0547. The predicted octanol–water partition coefficient (Wildman–Crippen LogP) is 4.08. The number of hydrogen-bond acceptors (Lipinski definition) is 6. The maximum atomic E-state index is 13.7. The highest BCUT2D eigenvalue weighted by molar-refractivity contribution is 6.11. The largest absolute Gasteiger partial charge is 0.461 e. The number of amides is 4. The lowest BCUT2D eigenvalue weighted by molar-refractivity contribution is -0.140. The number of furan rings is 1. The van der Waals surface area contributed by atoms with Gasteiger partial charge in [-0.05, 0) is 101 Å². The van der Waals surface area contributed by atoms with E-state index in [4.69, 9.17) is 9.41 Å². The molecule has 5 rings (SSSR count). The highest BCUT2D eigenvalue weighted by atomic mass is 16.3. The Labute approximate surface area is 257 Å². The van der Waals surface area contributed by atoms with Crippen LogP contribution >= 0.6 is 0 Å². The Hall–Kier alpha value is -4.67. The summed E-state index contributed by atoms with van der Waals surface area (Å²) in [6.45, 7) is 7.61. The number of anilines is 1. The fourth-order valence-corrected chi connectivity index (χ4v) is 5.53. The third-order valence-electron chi connectivity index (χ3n) is 7.79. The number of hydrogen-bond donors (Lipinski definition) is 3. The minimum atomic E-state index is -0.770. The maximum absolute atomic E-state index is 13.7. The standard InChI is InChI=1S/C33H40N6O5/c1-21(2)34-30(41)23-9-11-24(12-10-23)31(42)37-33(35-26-13-14-28-25(19-26)18-22(3)44-28)36-27-8-4-5-17-39(32(27)43)20-29(40)38-15-6-7-16-38/h9-14,18-19,21,27H,4-8,15-17,20H2,1-3H3,(H,34,41)(H2,35,36,37,42)/t27-/m0/s1. The van der Waals surface area contributed by atoms with Crippen molar-refractivity contribution in [2.75, 3.05) is 31.5 Å². The highest BCUT2D eigenvalue weighted by Crippen LogP contribution is 2.23. The van der Waals surface area contributed by atoms with Gasteiger partial charge in [0, 0.05) is 47.9 Å². The number of aryl methyl sites for hydroxylation is 1. The fourth-order valence-electron chi connectivity index (χ4n) is 5.53. The van der Waals surface area contributed by atoms with Crippen molar-refractivity contribution in [2.24, 2.45) is 4.99 Å². The van der Waals surface area contributed by atoms with Crippen LogP contribution in [0, 0.1) is 6.92 Å². The van der Waals surface area contributed by atoms with E-state index in [2.05, 4.69) is 16.0 Å². The van der Waals surface area contributed by atoms with Crippen LogP contribution in [0.2, 0.25) is 0 Å². The number of nitrogens with one attached hydrogen (secondary N) is 3. The van der Waals surface area contributed by atoms with Crippen molar-refractivity contribution in [3.8, 4) is 0 Å². The summed E-state index contributed by atoms with van der Waals surface area (Å²) >= 11 is 0. The van der Waals surface area contributed by atoms with Crippen LogP contribution in [0.4, 0.5) is 5.69 Å². The lowest BCUT2D eigenvalue weighted by atomic mass is 10.1. The molecular formula is C33H40N6O5. The SMILES string of the molecule is Cc1cc2cc(NC(=N[C@H]3CCCCN(CC(=O)N4CCCC4)C3=O)NC(=O)c3ccc(C(=O)NC(C)C)cc3)ccc2o1. The molecule has 2 saturated heterocycles. The zero-order valence-electron chi connectivity index (χ0n) is 25.5. The Balaban J connectivity index is 1.38. The number of rotatable bonds is 7. The van der Waals surface area contributed by atoms with Crippen molar-refractivity contribution in [3.05, 3.63) is 65.4 Å². The second kappa shape index (κ2) is 13.7. The Morgan fingerprint density at radius 3 is 2.32 bits per heavy atom. The molecule has 0 radical (unpaired) electrons. The average Bonchev–Trinajstić information content (AvgIpc) is 3.63. The summed E-state index contributed by atoms with van der Waals surface area (Å²) in [6, 6.07) is 13.0. The Morgan fingerprint density at radius 2 is 1.61 bits per heavy atom. The van der Waals surface area contributed by atoms with Crippen LogP contribution in [0.25, 0.3) is 11.0 Å². The lowest BCUT2D eigenvalue weighted by Crippen LogP contribution is -2.45. The van der Waals surface area contributed by atoms with Gasteiger partial charge < -0.3 is 24.9 Å². The molecule has 3 aromatic rings. The average molecular weight is 601 g/mol. The molecule has 2 fully saturated rings. The molecule has 232 valence electrons. The first-order valence-corrected chi connectivity index (χ1v) is 15.3. The van der Waals surface area contributed by atoms with Crippen molar-refractivity contribution in [1.29, 1.82) is 0 Å². The van der Waals surface area contributed by atoms with Crippen molar-refractivity contribution in [1.82, 2.24) is 20.4 Å². The summed E-state index contributed by atoms with van der Waals surface area (Å²) in [6.07, 6.45) is 4.00. The van der Waals surface area contributed by atoms with E-state index in [-0.39, 0.29) is 36.3 Å². The molecule has 44 heavy (non-hydrogen) atoms. The predicted molar refractivity (Wildman–Crippen MR) is 169 cm³/mol. The first-order chi connectivity index (χ1) is 21.2. The molecule has 0 aliphatic carbocycles. The van der Waals surface area contributed by atoms with Gasteiger partial charge in [-0.25, -0.2) is 4.99 Å². The molecule has 0 spiro atoms. The van der Waals surface area contributed by atoms with Gasteiger partial charge in [0.25, 0.3) is 11.8 Å². The zero-order valence-corrected chi connectivity index (χ0v) is 25.5. The van der Waals surface area contributed by atoms with Gasteiger partial charge in [0.1, 0.15) is 17.4 Å². The maximum Gasteiger partial charge on any atom is 0.257 e. The molecule has 4 amide bonds. The second-order valence-corrected chi connectivity index (χ2v) is 11.7. The summed E-state index contributed by atoms with van der Waals surface area (Å²) in [5.41, 5.74) is 2.15. The number of carbonyl (C=O) groups excluding carboxylic acids is 4. The molecule has 1 aromatic heterocycles. The first-order valence-electron chi connectivity index (χ1n) is 15.3. The van der Waals surface area contributed by atoms with Crippen LogP contribution in [0.3, 0.4) is 0 Å². The number of carbonyl (C=O) groups is 4. The third-order valence-corrected chi connectivity index (χ3v) is 7.79. The van der Waals surface area contributed by atoms with Gasteiger partial charge in [-0.1, -0.05) is 0 Å². The molecule has 11 heteroatoms. The van der Waals surface area contributed by atoms with Gasteiger partial charge in [0.2, 0.25) is 17.8 Å². The van der Waals surface area contributed by atoms with Gasteiger partial charge in [-0.3, -0.25) is 24.5 Å². The van der Waals surface area contributed by atoms with Crippen molar-refractivity contribution >= 4 is 46.2 Å². The van der Waals surface area contributed by atoms with Crippen LogP contribution in [-0.2, 0) is 9.59 Å². The van der Waals surface area contributed by atoms with E-state index in [0.29, 0.717) is 29.8 Å². The molecule has 0 bridgehead atoms. The third kappa shape index (κ3) is 7.64. The van der Waals surface area contributed by atoms with Gasteiger partial charge in [0.15, 0.2) is 0 Å². The van der Waals surface area contributed by atoms with E-state index >= 15 is 0 Å². The fraction of sp³-hybridized carbons (Fsp3) is 0.424. The summed E-state index contributed by atoms with van der Waals surface area (Å²) in [4.78, 5) is 60.4. The lowest BCUT2D eigenvalue weighted by Gasteiger charge is -2.25. The molecule has 1 atom stereocenters. The Bertz CT molecular complexity index is 1550. The topological polar surface area (TPSA) is 136 Å². The van der Waals surface area contributed by atoms with Crippen LogP contribution in [0.1, 0.15) is 72.4 Å². The van der Waals surface area contributed by atoms with E-state index < -0.39 is 11.9 Å². The van der Waals surface area contributed by atoms with Gasteiger partial charge in [-0.2, -0.15) is 0 Å². The molecule has 2 aliphatic heterocycles. The summed E-state index contributed by atoms with van der Waals surface area (Å²) in [5, 5.41) is 9.73. The summed E-state index contributed by atoms with van der Waals surface area (Å²) < 4.78 is 5.69.